The van der Waals surface area contributed by atoms with Crippen molar-refractivity contribution in [3.8, 4) is 0 Å². The molecule has 0 spiro atoms. The van der Waals surface area contributed by atoms with E-state index in [1.54, 1.807) is 23.7 Å². The summed E-state index contributed by atoms with van der Waals surface area (Å²) in [5, 5.41) is 2.05. The van der Waals surface area contributed by atoms with Gasteiger partial charge in [0.2, 0.25) is 0 Å². The lowest BCUT2D eigenvalue weighted by molar-refractivity contribution is 0.600. The lowest BCUT2D eigenvalue weighted by Crippen LogP contribution is -2.15. The Bertz CT molecular complexity index is 636. The molecule has 1 aromatic carbocycles. The Kier molecular flexibility index (Phi) is 3.53. The van der Waals surface area contributed by atoms with E-state index in [9.17, 15) is 8.42 Å². The molecule has 0 aliphatic carbocycles. The van der Waals surface area contributed by atoms with Gasteiger partial charge in [-0.3, -0.25) is 4.72 Å². The average Bonchev–Trinajstić information content (AvgIpc) is 2.81. The third-order valence-corrected chi connectivity index (χ3v) is 4.65. The summed E-state index contributed by atoms with van der Waals surface area (Å²) in [4.78, 5) is 4.11. The molecule has 2 aromatic rings. The van der Waals surface area contributed by atoms with Crippen molar-refractivity contribution in [2.24, 2.45) is 0 Å². The smallest absolute Gasteiger partial charge is 0.264 e. The van der Waals surface area contributed by atoms with Gasteiger partial charge < -0.3 is 5.73 Å². The Labute approximate surface area is 110 Å². The predicted molar refractivity (Wildman–Crippen MR) is 73.2 cm³/mol. The third-order valence-electron chi connectivity index (χ3n) is 2.42. The number of nitrogens with zero attached hydrogens (tertiary/aromatic N) is 1. The van der Waals surface area contributed by atoms with Gasteiger partial charge in [0.05, 0.1) is 4.90 Å². The summed E-state index contributed by atoms with van der Waals surface area (Å²) < 4.78 is 26.9. The van der Waals surface area contributed by atoms with Crippen LogP contribution in [0.15, 0.2) is 34.7 Å². The van der Waals surface area contributed by atoms with Crippen molar-refractivity contribution in [1.82, 2.24) is 4.98 Å². The van der Waals surface area contributed by atoms with Gasteiger partial charge >= 0.3 is 0 Å². The number of hydrogen-bond donors (Lipinski definition) is 2. The lowest BCUT2D eigenvalue weighted by Gasteiger charge is -2.10. The van der Waals surface area contributed by atoms with E-state index in [1.165, 1.54) is 17.4 Å². The highest BCUT2D eigenvalue weighted by molar-refractivity contribution is 7.93. The topological polar surface area (TPSA) is 85.1 Å². The number of anilines is 2. The maximum absolute atomic E-state index is 12.2. The highest BCUT2D eigenvalue weighted by Crippen LogP contribution is 2.23. The third kappa shape index (κ3) is 2.62. The Morgan fingerprint density at radius 3 is 2.83 bits per heavy atom. The van der Waals surface area contributed by atoms with E-state index >= 15 is 0 Å². The van der Waals surface area contributed by atoms with Crippen LogP contribution in [-0.4, -0.2) is 13.4 Å². The second-order valence-corrected chi connectivity index (χ2v) is 6.21. The zero-order valence-corrected chi connectivity index (χ0v) is 11.4. The van der Waals surface area contributed by atoms with Crippen LogP contribution in [0.4, 0.5) is 10.8 Å². The number of benzene rings is 1. The van der Waals surface area contributed by atoms with E-state index in [-0.39, 0.29) is 4.90 Å². The van der Waals surface area contributed by atoms with Crippen molar-refractivity contribution < 1.29 is 8.42 Å². The number of nitrogens with one attached hydrogen (secondary N) is 1. The average molecular weight is 283 g/mol. The molecule has 0 saturated heterocycles. The van der Waals surface area contributed by atoms with Crippen LogP contribution in [0.25, 0.3) is 0 Å². The molecule has 0 amide bonds. The summed E-state index contributed by atoms with van der Waals surface area (Å²) in [5.74, 6) is 0. The maximum atomic E-state index is 12.2. The number of aryl methyl sites for hydroxylation is 1. The predicted octanol–water partition coefficient (Wildman–Crippen LogP) is 2.09. The monoisotopic (exact) mass is 283 g/mol. The Morgan fingerprint density at radius 1 is 1.44 bits per heavy atom. The zero-order valence-electron chi connectivity index (χ0n) is 9.75. The number of sulfonamides is 1. The molecular weight excluding hydrogens is 270 g/mol. The largest absolute Gasteiger partial charge is 0.399 e. The highest BCUT2D eigenvalue weighted by Gasteiger charge is 2.19. The van der Waals surface area contributed by atoms with Crippen LogP contribution in [0, 0.1) is 0 Å². The summed E-state index contributed by atoms with van der Waals surface area (Å²) in [7, 11) is -3.63. The molecule has 0 aliphatic heterocycles. The van der Waals surface area contributed by atoms with Crippen LogP contribution in [-0.2, 0) is 16.4 Å². The minimum Gasteiger partial charge on any atom is -0.399 e. The lowest BCUT2D eigenvalue weighted by atomic mass is 10.1. The molecular formula is C11H13N3O2S2. The van der Waals surface area contributed by atoms with Gasteiger partial charge in [-0.25, -0.2) is 13.4 Å². The zero-order chi connectivity index (χ0) is 13.2. The van der Waals surface area contributed by atoms with Crippen LogP contribution in [0.1, 0.15) is 12.5 Å². The Morgan fingerprint density at radius 2 is 2.22 bits per heavy atom. The second kappa shape index (κ2) is 4.95. The van der Waals surface area contributed by atoms with Crippen LogP contribution in [0.3, 0.4) is 0 Å². The quantitative estimate of drug-likeness (QED) is 0.841. The van der Waals surface area contributed by atoms with Gasteiger partial charge in [0.1, 0.15) is 0 Å². The van der Waals surface area contributed by atoms with E-state index in [2.05, 4.69) is 9.71 Å². The van der Waals surface area contributed by atoms with Crippen LogP contribution in [0.2, 0.25) is 0 Å². The number of nitrogen functional groups attached to an aromatic ring is 1. The van der Waals surface area contributed by atoms with Crippen molar-refractivity contribution >= 4 is 32.2 Å². The van der Waals surface area contributed by atoms with Gasteiger partial charge in [-0.05, 0) is 24.1 Å². The molecule has 0 fully saturated rings. The number of hydrogen-bond acceptors (Lipinski definition) is 5. The van der Waals surface area contributed by atoms with Gasteiger partial charge in [0, 0.05) is 17.3 Å². The summed E-state index contributed by atoms with van der Waals surface area (Å²) >= 11 is 1.23. The first-order valence-electron chi connectivity index (χ1n) is 5.33. The first-order chi connectivity index (χ1) is 8.53. The summed E-state index contributed by atoms with van der Waals surface area (Å²) in [5.41, 5.74) is 6.80. The molecule has 0 aliphatic rings. The SMILES string of the molecule is CCc1ccc(N)cc1S(=O)(=O)Nc1nccs1. The number of nitrogens with two attached hydrogens (primary N) is 1. The van der Waals surface area contributed by atoms with Crippen LogP contribution >= 0.6 is 11.3 Å². The van der Waals surface area contributed by atoms with Crippen molar-refractivity contribution in [2.75, 3.05) is 10.5 Å². The van der Waals surface area contributed by atoms with Crippen LogP contribution in [0.5, 0.6) is 0 Å². The Balaban J connectivity index is 2.43. The van der Waals surface area contributed by atoms with E-state index in [0.717, 1.165) is 5.56 Å². The fraction of sp³-hybridized carbons (Fsp3) is 0.182. The van der Waals surface area contributed by atoms with Gasteiger partial charge in [-0.1, -0.05) is 13.0 Å². The van der Waals surface area contributed by atoms with Crippen molar-refractivity contribution in [2.45, 2.75) is 18.2 Å². The van der Waals surface area contributed by atoms with E-state index < -0.39 is 10.0 Å². The minimum atomic E-state index is -3.63. The van der Waals surface area contributed by atoms with E-state index in [4.69, 9.17) is 5.73 Å². The normalized spacial score (nSPS) is 11.4. The summed E-state index contributed by atoms with van der Waals surface area (Å²) in [6.07, 6.45) is 2.16. The standard InChI is InChI=1S/C11H13N3O2S2/c1-2-8-3-4-9(12)7-10(8)18(15,16)14-11-13-5-6-17-11/h3-7H,2,12H2,1H3,(H,13,14). The highest BCUT2D eigenvalue weighted by atomic mass is 32.2. The van der Waals surface area contributed by atoms with Gasteiger partial charge in [-0.15, -0.1) is 11.3 Å². The van der Waals surface area contributed by atoms with Crippen molar-refractivity contribution in [1.29, 1.82) is 0 Å². The number of thiazole rings is 1. The molecule has 96 valence electrons. The van der Waals surface area contributed by atoms with Crippen molar-refractivity contribution in [3.63, 3.8) is 0 Å². The molecule has 0 atom stereocenters. The van der Waals surface area contributed by atoms with Crippen molar-refractivity contribution in [3.05, 3.63) is 35.3 Å². The van der Waals surface area contributed by atoms with Gasteiger partial charge in [0.25, 0.3) is 10.0 Å². The molecule has 3 N–H and O–H groups in total. The fourth-order valence-electron chi connectivity index (χ4n) is 1.56. The fourth-order valence-corrected chi connectivity index (χ4v) is 3.69. The first kappa shape index (κ1) is 12.8. The Hall–Kier alpha value is -1.60. The number of aromatic nitrogens is 1. The van der Waals surface area contributed by atoms with E-state index in [0.29, 0.717) is 17.2 Å². The van der Waals surface area contributed by atoms with Gasteiger partial charge in [0.15, 0.2) is 5.13 Å². The molecule has 0 radical (unpaired) electrons. The van der Waals surface area contributed by atoms with E-state index in [1.807, 2.05) is 6.92 Å². The van der Waals surface area contributed by atoms with Gasteiger partial charge in [-0.2, -0.15) is 0 Å². The van der Waals surface area contributed by atoms with Crippen LogP contribution < -0.4 is 10.5 Å². The molecule has 0 unspecified atom stereocenters. The first-order valence-corrected chi connectivity index (χ1v) is 7.70. The maximum Gasteiger partial charge on any atom is 0.264 e. The molecule has 1 heterocycles. The molecule has 5 nitrogen and oxygen atoms in total. The summed E-state index contributed by atoms with van der Waals surface area (Å²) in [6, 6.07) is 4.89. The molecule has 0 bridgehead atoms. The summed E-state index contributed by atoms with van der Waals surface area (Å²) in [6.45, 7) is 1.90. The molecule has 2 rings (SSSR count). The minimum absolute atomic E-state index is 0.209. The molecule has 7 heteroatoms. The second-order valence-electron chi connectivity index (χ2n) is 3.66. The number of rotatable bonds is 4. The molecule has 1 aromatic heterocycles. The molecule has 0 saturated carbocycles. The molecule has 18 heavy (non-hydrogen) atoms.